The summed E-state index contributed by atoms with van der Waals surface area (Å²) >= 11 is 0. The van der Waals surface area contributed by atoms with E-state index in [1.165, 1.54) is 17.2 Å². The minimum atomic E-state index is -1.50. The van der Waals surface area contributed by atoms with Gasteiger partial charge in [0.2, 0.25) is 0 Å². The molecule has 0 bridgehead atoms. The molecule has 0 spiro atoms. The monoisotopic (exact) mass is 384 g/mol. The largest absolute Gasteiger partial charge is 0.478 e. The van der Waals surface area contributed by atoms with E-state index in [4.69, 9.17) is 5.11 Å². The van der Waals surface area contributed by atoms with Crippen LogP contribution in [0.3, 0.4) is 0 Å². The van der Waals surface area contributed by atoms with E-state index in [2.05, 4.69) is 46.4 Å². The van der Waals surface area contributed by atoms with Gasteiger partial charge in [0.05, 0.1) is 5.56 Å². The van der Waals surface area contributed by atoms with Crippen molar-refractivity contribution in [3.05, 3.63) is 75.9 Å². The van der Waals surface area contributed by atoms with E-state index in [0.29, 0.717) is 5.57 Å². The van der Waals surface area contributed by atoms with Crippen LogP contribution in [0, 0.1) is 18.6 Å². The average molecular weight is 384 g/mol. The Morgan fingerprint density at radius 3 is 1.93 bits per heavy atom. The smallest absolute Gasteiger partial charge is 0.338 e. The van der Waals surface area contributed by atoms with Gasteiger partial charge in [0.15, 0.2) is 11.6 Å². The van der Waals surface area contributed by atoms with Crippen molar-refractivity contribution in [3.8, 4) is 0 Å². The quantitative estimate of drug-likeness (QED) is 0.666. The van der Waals surface area contributed by atoms with Gasteiger partial charge in [-0.05, 0) is 64.5 Å². The van der Waals surface area contributed by atoms with Crippen LogP contribution in [0.25, 0.3) is 5.57 Å². The first-order valence-electron chi connectivity index (χ1n) is 9.43. The van der Waals surface area contributed by atoms with Crippen LogP contribution < -0.4 is 0 Å². The van der Waals surface area contributed by atoms with E-state index < -0.39 is 23.2 Å². The number of hydrogen-bond acceptors (Lipinski definition) is 1. The van der Waals surface area contributed by atoms with E-state index in [1.54, 1.807) is 0 Å². The summed E-state index contributed by atoms with van der Waals surface area (Å²) in [5, 5.41) is 8.99. The molecule has 148 valence electrons. The summed E-state index contributed by atoms with van der Waals surface area (Å²) < 4.78 is 28.8. The van der Waals surface area contributed by atoms with Crippen molar-refractivity contribution in [2.45, 2.75) is 58.3 Å². The predicted octanol–water partition coefficient (Wildman–Crippen LogP) is 6.38. The van der Waals surface area contributed by atoms with E-state index >= 15 is 0 Å². The van der Waals surface area contributed by atoms with Gasteiger partial charge >= 0.3 is 5.97 Å². The molecule has 0 heterocycles. The summed E-state index contributed by atoms with van der Waals surface area (Å²) in [6.45, 7) is 14.8. The van der Waals surface area contributed by atoms with Crippen molar-refractivity contribution in [3.63, 3.8) is 0 Å². The number of carbonyl (C=O) groups is 1. The van der Waals surface area contributed by atoms with Gasteiger partial charge in [-0.2, -0.15) is 0 Å². The molecule has 1 aliphatic rings. The zero-order valence-electron chi connectivity index (χ0n) is 17.0. The van der Waals surface area contributed by atoms with Gasteiger partial charge in [-0.3, -0.25) is 0 Å². The van der Waals surface area contributed by atoms with Gasteiger partial charge in [-0.15, -0.1) is 0 Å². The molecule has 0 amide bonds. The number of halogens is 2. The van der Waals surface area contributed by atoms with Crippen molar-refractivity contribution >= 4 is 11.5 Å². The maximum Gasteiger partial charge on any atom is 0.338 e. The molecule has 4 heteroatoms. The number of carboxylic acids is 1. The van der Waals surface area contributed by atoms with Gasteiger partial charge < -0.3 is 5.11 Å². The molecule has 0 aromatic heterocycles. The zero-order valence-corrected chi connectivity index (χ0v) is 17.0. The van der Waals surface area contributed by atoms with Crippen LogP contribution in [0.2, 0.25) is 0 Å². The SMILES string of the molecule is C=C(c1cc2c(cc1C)C(C)(C)CCC2(C)C)c1ccc(C(=O)O)c(F)c1F. The van der Waals surface area contributed by atoms with Crippen molar-refractivity contribution < 1.29 is 18.7 Å². The van der Waals surface area contributed by atoms with Crippen molar-refractivity contribution in [2.75, 3.05) is 0 Å². The molecule has 0 fully saturated rings. The Hall–Kier alpha value is -2.49. The molecule has 2 aromatic rings. The molecular weight excluding hydrogens is 358 g/mol. The summed E-state index contributed by atoms with van der Waals surface area (Å²) in [6, 6.07) is 6.56. The van der Waals surface area contributed by atoms with Gasteiger partial charge in [0.1, 0.15) is 0 Å². The average Bonchev–Trinajstić information content (AvgIpc) is 2.60. The Morgan fingerprint density at radius 1 is 0.929 bits per heavy atom. The van der Waals surface area contributed by atoms with Gasteiger partial charge in [-0.25, -0.2) is 13.6 Å². The zero-order chi connectivity index (χ0) is 21.0. The first kappa shape index (κ1) is 20.2. The Labute approximate surface area is 164 Å². The Balaban J connectivity index is 2.17. The van der Waals surface area contributed by atoms with Crippen LogP contribution in [-0.4, -0.2) is 11.1 Å². The fourth-order valence-electron chi connectivity index (χ4n) is 4.14. The number of aromatic carboxylic acids is 1. The molecule has 1 N–H and O–H groups in total. The molecule has 0 atom stereocenters. The van der Waals surface area contributed by atoms with E-state index in [0.717, 1.165) is 30.0 Å². The maximum atomic E-state index is 14.6. The number of hydrogen-bond donors (Lipinski definition) is 1. The van der Waals surface area contributed by atoms with E-state index in [9.17, 15) is 13.6 Å². The topological polar surface area (TPSA) is 37.3 Å². The lowest BCUT2D eigenvalue weighted by molar-refractivity contribution is 0.0690. The highest BCUT2D eigenvalue weighted by Gasteiger charge is 2.37. The van der Waals surface area contributed by atoms with Crippen molar-refractivity contribution in [1.29, 1.82) is 0 Å². The second kappa shape index (κ2) is 6.54. The summed E-state index contributed by atoms with van der Waals surface area (Å²) in [5.74, 6) is -4.03. The molecule has 1 aliphatic carbocycles. The van der Waals surface area contributed by atoms with Gasteiger partial charge in [0, 0.05) is 5.56 Å². The van der Waals surface area contributed by atoms with E-state index in [-0.39, 0.29) is 16.4 Å². The standard InChI is InChI=1S/C24H26F2O2/c1-13-11-18-19(24(5,6)10-9-23(18,3)4)12-17(13)14(2)15-7-8-16(22(27)28)21(26)20(15)25/h7-8,11-12H,2,9-10H2,1,3-6H3,(H,27,28). The Morgan fingerprint density at radius 2 is 1.39 bits per heavy atom. The molecule has 3 rings (SSSR count). The van der Waals surface area contributed by atoms with Crippen molar-refractivity contribution in [1.82, 2.24) is 0 Å². The highest BCUT2D eigenvalue weighted by molar-refractivity contribution is 5.89. The molecule has 2 nitrogen and oxygen atoms in total. The minimum Gasteiger partial charge on any atom is -0.478 e. The van der Waals surface area contributed by atoms with Gasteiger partial charge in [0.25, 0.3) is 0 Å². The van der Waals surface area contributed by atoms with E-state index in [1.807, 2.05) is 6.92 Å². The van der Waals surface area contributed by atoms with Crippen LogP contribution in [0.5, 0.6) is 0 Å². The third-order valence-corrected chi connectivity index (χ3v) is 6.16. The first-order chi connectivity index (χ1) is 12.9. The van der Waals surface area contributed by atoms with Crippen LogP contribution in [0.1, 0.15) is 78.7 Å². The lowest BCUT2D eigenvalue weighted by Gasteiger charge is -2.42. The van der Waals surface area contributed by atoms with Crippen LogP contribution in [0.15, 0.2) is 30.8 Å². The number of benzene rings is 2. The number of carboxylic acid groups (broad SMARTS) is 1. The molecular formula is C24H26F2O2. The van der Waals surface area contributed by atoms with Crippen LogP contribution >= 0.6 is 0 Å². The molecule has 28 heavy (non-hydrogen) atoms. The predicted molar refractivity (Wildman–Crippen MR) is 108 cm³/mol. The Kier molecular flexibility index (Phi) is 4.73. The molecule has 0 unspecified atom stereocenters. The second-order valence-electron chi connectivity index (χ2n) is 9.05. The minimum absolute atomic E-state index is 0.0153. The molecule has 0 aliphatic heterocycles. The first-order valence-corrected chi connectivity index (χ1v) is 9.43. The fraction of sp³-hybridized carbons (Fsp3) is 0.375. The lowest BCUT2D eigenvalue weighted by Crippen LogP contribution is -2.34. The van der Waals surface area contributed by atoms with Crippen LogP contribution in [-0.2, 0) is 10.8 Å². The fourth-order valence-corrected chi connectivity index (χ4v) is 4.14. The highest BCUT2D eigenvalue weighted by atomic mass is 19.2. The lowest BCUT2D eigenvalue weighted by atomic mass is 9.62. The van der Waals surface area contributed by atoms with Gasteiger partial charge in [-0.1, -0.05) is 52.5 Å². The summed E-state index contributed by atoms with van der Waals surface area (Å²) in [4.78, 5) is 11.0. The normalized spacial score (nSPS) is 17.1. The summed E-state index contributed by atoms with van der Waals surface area (Å²) in [7, 11) is 0. The summed E-state index contributed by atoms with van der Waals surface area (Å²) in [6.07, 6.45) is 2.13. The third-order valence-electron chi connectivity index (χ3n) is 6.16. The molecule has 2 aromatic carbocycles. The highest BCUT2D eigenvalue weighted by Crippen LogP contribution is 2.47. The molecule has 0 radical (unpaired) electrons. The summed E-state index contributed by atoms with van der Waals surface area (Å²) in [5.41, 5.74) is 3.87. The van der Waals surface area contributed by atoms with Crippen LogP contribution in [0.4, 0.5) is 8.78 Å². The molecule has 0 saturated heterocycles. The second-order valence-corrected chi connectivity index (χ2v) is 9.05. The maximum absolute atomic E-state index is 14.6. The van der Waals surface area contributed by atoms with Crippen molar-refractivity contribution in [2.24, 2.45) is 0 Å². The molecule has 0 saturated carbocycles. The number of rotatable bonds is 3. The third kappa shape index (κ3) is 3.15. The number of aryl methyl sites for hydroxylation is 1. The Bertz CT molecular complexity index is 1000. The number of fused-ring (bicyclic) bond motifs is 1.